The molecule has 3 amide bonds. The van der Waals surface area contributed by atoms with Gasteiger partial charge in [0.25, 0.3) is 17.4 Å². The second-order valence-corrected chi connectivity index (χ2v) is 27.1. The number of Topliss-reactive ketones (excluding diaryl/α,β-unsaturated/α-hetero) is 2. The summed E-state index contributed by atoms with van der Waals surface area (Å²) in [6.07, 6.45) is 2.58. The summed E-state index contributed by atoms with van der Waals surface area (Å²) in [5, 5.41) is 49.4. The van der Waals surface area contributed by atoms with Crippen molar-refractivity contribution in [3.8, 4) is 5.75 Å². The standard InChI is InChI=1S/C36H30ClN3O5.C35H44N8O12S2/c1-2-13-44-36(43)45-33-18-31-34(26-9-5-4-8-25(26)33)24(19-37)20-40(31)35(42)30-17-23-14-21(11-12-28(23)39-30)15-32(41)29-16-22-7-3-6-10-27(22)38-29;1-56-57-17-20(32(50)51)4-2-3-5-24(33(52)53)40-26(45)13-8-19(31(48)49)14-23(44)11-12-25(34(54)55)41-29(46)18-6-9-21(10-7-18)37-15-22-16-38-28-27(39-22)30(47)43-35(36)42-28/h3-12,14,16-18,24,38-39H,2,13,15,19-20H2,1H3;6-7,9-10,16,19-20,24-25,37H,2-5,8,11-15,17H2,1H3,(H,40,45)(H,41,46)(H,48,49)(H,50,51)(H,52,53)(H,54,55)(H3,36,38,42,43,47). The molecule has 1 aliphatic rings. The molecular weight excluding hydrogens is 1380 g/mol. The van der Waals surface area contributed by atoms with Crippen LogP contribution in [0.25, 0.3) is 43.7 Å². The number of H-pyrrole nitrogens is 3. The van der Waals surface area contributed by atoms with Gasteiger partial charge in [0.2, 0.25) is 11.9 Å². The van der Waals surface area contributed by atoms with Crippen LogP contribution in [0.15, 0.2) is 120 Å². The minimum absolute atomic E-state index is 0.00927. The minimum Gasteiger partial charge on any atom is -0.481 e. The summed E-state index contributed by atoms with van der Waals surface area (Å²) < 4.78 is 10.8. The monoisotopic (exact) mass is 1450 g/mol. The number of halogens is 1. The topological polar surface area (TPSA) is 439 Å². The molecule has 0 bridgehead atoms. The van der Waals surface area contributed by atoms with Crippen LogP contribution in [0.5, 0.6) is 5.75 Å². The number of hydrogen-bond acceptors (Lipinski definition) is 20. The second kappa shape index (κ2) is 35.5. The van der Waals surface area contributed by atoms with Gasteiger partial charge in [-0.05, 0) is 109 Å². The van der Waals surface area contributed by atoms with Crippen LogP contribution < -0.4 is 36.9 Å². The average molecular weight is 1450 g/mol. The highest BCUT2D eigenvalue weighted by Crippen LogP contribution is 2.46. The minimum atomic E-state index is -1.48. The lowest BCUT2D eigenvalue weighted by atomic mass is 9.94. The predicted octanol–water partition coefficient (Wildman–Crippen LogP) is 10.3. The SMILES string of the molecule is CCCOC(=O)Oc1cc2c(c3ccccc13)C(CCl)CN2C(=O)c1cc2cc(CC(=O)c3cc4ccccc4[nH]3)ccc2[nH]1.CSSCC(CCCCC(NC(=O)CCC(CC(=O)CCC(NC(=O)c1ccc(NCc2cnc3nc(N)[nH]c(=O)c3n2)cc1)C(=O)O)C(=O)O)C(=O)O)C(=O)O. The third-order valence-corrected chi connectivity index (χ3v) is 19.2. The van der Waals surface area contributed by atoms with Crippen molar-refractivity contribution < 1.29 is 77.8 Å². The molecule has 0 radical (unpaired) electrons. The van der Waals surface area contributed by atoms with Gasteiger partial charge in [-0.3, -0.25) is 43.3 Å². The highest BCUT2D eigenvalue weighted by Gasteiger charge is 2.36. The van der Waals surface area contributed by atoms with Gasteiger partial charge in [0, 0.05) is 94.3 Å². The zero-order valence-corrected chi connectivity index (χ0v) is 57.7. The Bertz CT molecular complexity index is 4650. The van der Waals surface area contributed by atoms with Gasteiger partial charge in [0.1, 0.15) is 29.3 Å². The molecule has 10 rings (SSSR count). The van der Waals surface area contributed by atoms with E-state index < -0.39 is 90.0 Å². The van der Waals surface area contributed by atoms with Crippen molar-refractivity contribution in [2.75, 3.05) is 47.0 Å². The lowest BCUT2D eigenvalue weighted by Gasteiger charge is -2.18. The largest absolute Gasteiger partial charge is 0.513 e. The summed E-state index contributed by atoms with van der Waals surface area (Å²) in [4.78, 5) is 159. The van der Waals surface area contributed by atoms with E-state index >= 15 is 0 Å². The Kier molecular flexibility index (Phi) is 26.2. The zero-order chi connectivity index (χ0) is 73.1. The van der Waals surface area contributed by atoms with Gasteiger partial charge in [-0.25, -0.2) is 24.4 Å². The number of unbranched alkanes of at least 4 members (excludes halogenated alkanes) is 1. The van der Waals surface area contributed by atoms with E-state index in [0.717, 1.165) is 43.7 Å². The molecule has 0 saturated heterocycles. The number of para-hydroxylation sites is 1. The van der Waals surface area contributed by atoms with E-state index in [1.165, 1.54) is 39.9 Å². The first-order chi connectivity index (χ1) is 49.0. The van der Waals surface area contributed by atoms with Crippen molar-refractivity contribution in [2.24, 2.45) is 11.8 Å². The lowest BCUT2D eigenvalue weighted by Crippen LogP contribution is -2.41. The molecular formula is C71H74ClN11O17S2. The molecule has 0 fully saturated rings. The Morgan fingerprint density at radius 2 is 1.42 bits per heavy atom. The average Bonchev–Trinajstić information content (AvgIpc) is 1.53. The van der Waals surface area contributed by atoms with E-state index in [4.69, 9.17) is 26.8 Å². The number of nitrogen functional groups attached to an aromatic ring is 1. The first kappa shape index (κ1) is 75.4. The van der Waals surface area contributed by atoms with Gasteiger partial charge in [0.05, 0.1) is 48.3 Å². The first-order valence-electron chi connectivity index (χ1n) is 32.6. The fourth-order valence-electron chi connectivity index (χ4n) is 11.7. The number of ether oxygens (including phenoxy) is 2. The number of rotatable bonds is 34. The number of anilines is 3. The molecule has 5 aromatic carbocycles. The maximum Gasteiger partial charge on any atom is 0.513 e. The summed E-state index contributed by atoms with van der Waals surface area (Å²) in [6, 6.07) is 29.8. The Morgan fingerprint density at radius 1 is 0.735 bits per heavy atom. The Balaban J connectivity index is 0.000000243. The molecule has 12 N–H and O–H groups in total. The third-order valence-electron chi connectivity index (χ3n) is 16.9. The van der Waals surface area contributed by atoms with Crippen molar-refractivity contribution in [3.63, 3.8) is 0 Å². The third kappa shape index (κ3) is 19.8. The fraction of sp³-hybridized carbons (Fsp3) is 0.324. The van der Waals surface area contributed by atoms with E-state index in [2.05, 4.69) is 45.9 Å². The van der Waals surface area contributed by atoms with Crippen LogP contribution in [0.2, 0.25) is 0 Å². The normalized spacial score (nSPS) is 13.6. The summed E-state index contributed by atoms with van der Waals surface area (Å²) in [5.41, 5.74) is 11.3. The molecule has 0 saturated carbocycles. The quantitative estimate of drug-likeness (QED) is 0.00446. The molecule has 9 aromatic rings. The molecule has 1 aliphatic heterocycles. The number of carbonyl (C=O) groups excluding carboxylic acids is 6. The van der Waals surface area contributed by atoms with E-state index in [0.29, 0.717) is 78.1 Å². The smallest absolute Gasteiger partial charge is 0.481 e. The molecule has 102 heavy (non-hydrogen) atoms. The van der Waals surface area contributed by atoms with Crippen molar-refractivity contribution >= 4 is 154 Å². The zero-order valence-electron chi connectivity index (χ0n) is 55.3. The summed E-state index contributed by atoms with van der Waals surface area (Å²) in [7, 11) is 2.86. The second-order valence-electron chi connectivity index (χ2n) is 24.2. The molecule has 31 heteroatoms. The Labute approximate surface area is 595 Å². The van der Waals surface area contributed by atoms with Gasteiger partial charge < -0.3 is 66.5 Å². The number of ketones is 2. The number of carbonyl (C=O) groups is 10. The molecule has 534 valence electrons. The number of nitrogens with one attached hydrogen (secondary N) is 6. The highest BCUT2D eigenvalue weighted by molar-refractivity contribution is 8.76. The number of amides is 3. The number of alkyl halides is 1. The molecule has 5 unspecified atom stereocenters. The highest BCUT2D eigenvalue weighted by atomic mass is 35.5. The number of nitrogens with two attached hydrogens (primary N) is 1. The van der Waals surface area contributed by atoms with Crippen LogP contribution in [-0.2, 0) is 46.5 Å². The van der Waals surface area contributed by atoms with Crippen LogP contribution in [0.4, 0.5) is 22.1 Å². The van der Waals surface area contributed by atoms with Crippen molar-refractivity contribution in [1.82, 2.24) is 40.5 Å². The van der Waals surface area contributed by atoms with E-state index in [1.54, 1.807) is 23.1 Å². The summed E-state index contributed by atoms with van der Waals surface area (Å²) in [6.45, 7) is 2.69. The van der Waals surface area contributed by atoms with Gasteiger partial charge in [-0.2, -0.15) is 4.98 Å². The summed E-state index contributed by atoms with van der Waals surface area (Å²) in [5.74, 6) is -8.41. The number of aliphatic carboxylic acids is 4. The first-order valence-corrected chi connectivity index (χ1v) is 35.8. The number of benzene rings is 5. The van der Waals surface area contributed by atoms with Crippen LogP contribution in [0, 0.1) is 11.8 Å². The van der Waals surface area contributed by atoms with E-state index in [1.807, 2.05) is 92.0 Å². The number of carboxylic acid groups (broad SMARTS) is 4. The number of aromatic nitrogens is 6. The van der Waals surface area contributed by atoms with Crippen molar-refractivity contribution in [3.05, 3.63) is 160 Å². The van der Waals surface area contributed by atoms with Crippen LogP contribution in [-0.4, -0.2) is 153 Å². The van der Waals surface area contributed by atoms with Gasteiger partial charge >= 0.3 is 30.0 Å². The number of fused-ring (bicyclic) bond motifs is 6. The maximum atomic E-state index is 14.0. The van der Waals surface area contributed by atoms with E-state index in [9.17, 15) is 73.2 Å². The molecule has 5 atom stereocenters. The van der Waals surface area contributed by atoms with Crippen LogP contribution >= 0.6 is 33.2 Å². The molecule has 28 nitrogen and oxygen atoms in total. The molecule has 0 aliphatic carbocycles. The van der Waals surface area contributed by atoms with Gasteiger partial charge in [-0.1, -0.05) is 89.9 Å². The van der Waals surface area contributed by atoms with Crippen molar-refractivity contribution in [2.45, 2.75) is 102 Å². The van der Waals surface area contributed by atoms with Crippen molar-refractivity contribution in [1.29, 1.82) is 0 Å². The molecule has 5 heterocycles. The number of aromatic amines is 3. The fourth-order valence-corrected chi connectivity index (χ4v) is 13.4. The number of carboxylic acids is 4. The van der Waals surface area contributed by atoms with Crippen LogP contribution in [0.1, 0.15) is 125 Å². The lowest BCUT2D eigenvalue weighted by molar-refractivity contribution is -0.145. The van der Waals surface area contributed by atoms with E-state index in [-0.39, 0.29) is 85.5 Å². The number of hydrogen-bond donors (Lipinski definition) is 11. The summed E-state index contributed by atoms with van der Waals surface area (Å²) >= 11 is 6.44. The molecule has 0 spiro atoms. The van der Waals surface area contributed by atoms with Gasteiger partial charge in [-0.15, -0.1) is 11.6 Å². The Hall–Kier alpha value is -10.8. The number of nitrogens with zero attached hydrogens (tertiary/aromatic N) is 4. The van der Waals surface area contributed by atoms with Crippen LogP contribution in [0.3, 0.4) is 0 Å². The Morgan fingerprint density at radius 3 is 2.13 bits per heavy atom. The maximum absolute atomic E-state index is 14.0. The molecule has 4 aromatic heterocycles. The van der Waals surface area contributed by atoms with Gasteiger partial charge in [0.15, 0.2) is 16.9 Å². The predicted molar refractivity (Wildman–Crippen MR) is 385 cm³/mol.